The molecular formula is C37H59ClN3O4S-. The van der Waals surface area contributed by atoms with Gasteiger partial charge in [0.25, 0.3) is 0 Å². The Bertz CT molecular complexity index is 1340. The molecule has 3 atom stereocenters. The van der Waals surface area contributed by atoms with Crippen LogP contribution in [0.25, 0.3) is 0 Å². The fraction of sp³-hybridized carbons (Fsp3) is 0.649. The van der Waals surface area contributed by atoms with E-state index in [1.54, 1.807) is 6.07 Å². The second-order valence-corrected chi connectivity index (χ2v) is 15.3. The van der Waals surface area contributed by atoms with Gasteiger partial charge in [0.2, 0.25) is 5.91 Å². The van der Waals surface area contributed by atoms with Gasteiger partial charge in [0.1, 0.15) is 0 Å². The van der Waals surface area contributed by atoms with Crippen LogP contribution < -0.4 is 22.6 Å². The minimum atomic E-state index is -3.67. The Morgan fingerprint density at radius 2 is 1.67 bits per heavy atom. The molecule has 0 spiro atoms. The topological polar surface area (TPSA) is 90.0 Å². The van der Waals surface area contributed by atoms with E-state index in [2.05, 4.69) is 44.8 Å². The van der Waals surface area contributed by atoms with Crippen molar-refractivity contribution in [1.29, 1.82) is 0 Å². The number of carbonyl (C=O) groups excluding carboxylic acids is 1. The molecule has 1 amide bonds. The summed E-state index contributed by atoms with van der Waals surface area (Å²) in [7, 11) is 0.200. The van der Waals surface area contributed by atoms with Crippen molar-refractivity contribution < 1.29 is 30.7 Å². The zero-order chi connectivity index (χ0) is 33.2. The molecule has 260 valence electrons. The number of unbranched alkanes of at least 4 members (excludes halogenated alkanes) is 3. The van der Waals surface area contributed by atoms with Crippen LogP contribution in [0.5, 0.6) is 0 Å². The molecule has 0 fully saturated rings. The number of anilines is 2. The lowest BCUT2D eigenvalue weighted by molar-refractivity contribution is -0.116. The molecule has 0 bridgehead atoms. The summed E-state index contributed by atoms with van der Waals surface area (Å²) in [6, 6.07) is 13.7. The predicted molar refractivity (Wildman–Crippen MR) is 188 cm³/mol. The highest BCUT2D eigenvalue weighted by atomic mass is 35.5. The van der Waals surface area contributed by atoms with Gasteiger partial charge in [0.15, 0.2) is 9.84 Å². The van der Waals surface area contributed by atoms with Gasteiger partial charge in [-0.05, 0) is 93.6 Å². The molecule has 9 heteroatoms. The molecule has 0 saturated heterocycles. The summed E-state index contributed by atoms with van der Waals surface area (Å²) in [6.07, 6.45) is 7.31. The number of amides is 1. The SMILES string of the molecule is CCCCC1(CCCC)CS(=O)(=O)c2ccc(N(C)C)cc2[C@@H](c2cccc(NC(=O)CCCCN(CC)C(C)CC)c2)[C@H]1O.[Cl-]. The number of aliphatic hydroxyl groups is 1. The minimum absolute atomic E-state index is 0. The lowest BCUT2D eigenvalue weighted by Gasteiger charge is -2.40. The molecule has 0 aromatic heterocycles. The molecule has 7 nitrogen and oxygen atoms in total. The van der Waals surface area contributed by atoms with Gasteiger partial charge < -0.3 is 32.6 Å². The van der Waals surface area contributed by atoms with E-state index in [1.165, 1.54) is 0 Å². The first-order valence-electron chi connectivity index (χ1n) is 17.3. The summed E-state index contributed by atoms with van der Waals surface area (Å²) in [5.74, 6) is -0.642. The smallest absolute Gasteiger partial charge is 0.224 e. The number of aliphatic hydroxyl groups excluding tert-OH is 1. The van der Waals surface area contributed by atoms with Crippen molar-refractivity contribution in [3.8, 4) is 0 Å². The van der Waals surface area contributed by atoms with Crippen molar-refractivity contribution in [3.05, 3.63) is 53.6 Å². The summed E-state index contributed by atoms with van der Waals surface area (Å²) < 4.78 is 28.2. The van der Waals surface area contributed by atoms with Crippen molar-refractivity contribution in [1.82, 2.24) is 4.90 Å². The zero-order valence-corrected chi connectivity index (χ0v) is 30.9. The largest absolute Gasteiger partial charge is 1.00 e. The third-order valence-electron chi connectivity index (χ3n) is 9.91. The highest BCUT2D eigenvalue weighted by Crippen LogP contribution is 2.50. The number of nitrogens with zero attached hydrogens (tertiary/aromatic N) is 2. The van der Waals surface area contributed by atoms with Gasteiger partial charge in [0.05, 0.1) is 16.8 Å². The van der Waals surface area contributed by atoms with Gasteiger partial charge >= 0.3 is 0 Å². The highest BCUT2D eigenvalue weighted by Gasteiger charge is 2.49. The highest BCUT2D eigenvalue weighted by molar-refractivity contribution is 7.91. The molecule has 1 aliphatic rings. The Kier molecular flexibility index (Phi) is 16.0. The Balaban J connectivity index is 0.00000736. The zero-order valence-electron chi connectivity index (χ0n) is 29.3. The van der Waals surface area contributed by atoms with Crippen LogP contribution in [-0.4, -0.2) is 69.4 Å². The molecule has 1 unspecified atom stereocenters. The summed E-state index contributed by atoms with van der Waals surface area (Å²) in [5, 5.41) is 15.5. The molecule has 1 heterocycles. The van der Waals surface area contributed by atoms with Gasteiger partial charge in [-0.25, -0.2) is 8.42 Å². The van der Waals surface area contributed by atoms with Crippen LogP contribution in [0.4, 0.5) is 11.4 Å². The molecule has 2 aromatic rings. The van der Waals surface area contributed by atoms with E-state index < -0.39 is 27.3 Å². The standard InChI is InChI=1S/C37H59N3O4S.ClH/c1-8-12-22-37(23-13-9-2)27-45(43,44)33-21-20-31(39(6)7)26-32(33)35(36(37)42)29-17-16-18-30(25-29)38-34(41)19-14-15-24-40(11-4)28(5)10-3;/h16-18,20-21,25-26,28,35-36,42H,8-15,19,22-24,27H2,1-7H3,(H,38,41);1H/p-1/t28?,35-,36-;/m1./s1. The first kappa shape index (κ1) is 40.0. The maximum atomic E-state index is 14.1. The Morgan fingerprint density at radius 1 is 1.00 bits per heavy atom. The fourth-order valence-electron chi connectivity index (χ4n) is 6.97. The van der Waals surface area contributed by atoms with E-state index >= 15 is 0 Å². The Hall–Kier alpha value is -2.13. The van der Waals surface area contributed by atoms with Gasteiger partial charge in [-0.15, -0.1) is 0 Å². The van der Waals surface area contributed by atoms with E-state index in [-0.39, 0.29) is 24.1 Å². The van der Waals surface area contributed by atoms with Gasteiger partial charge in [-0.3, -0.25) is 4.79 Å². The lowest BCUT2D eigenvalue weighted by Crippen LogP contribution is -3.00. The van der Waals surface area contributed by atoms with E-state index in [4.69, 9.17) is 0 Å². The molecular weight excluding hydrogens is 618 g/mol. The molecule has 0 radical (unpaired) electrons. The normalized spacial score (nSPS) is 19.1. The maximum Gasteiger partial charge on any atom is 0.224 e. The summed E-state index contributed by atoms with van der Waals surface area (Å²) in [4.78, 5) is 17.7. The Labute approximate surface area is 285 Å². The van der Waals surface area contributed by atoms with Crippen LogP contribution in [0, 0.1) is 5.41 Å². The van der Waals surface area contributed by atoms with Crippen molar-refractivity contribution in [2.24, 2.45) is 5.41 Å². The summed E-state index contributed by atoms with van der Waals surface area (Å²) in [6.45, 7) is 12.9. The molecule has 2 N–H and O–H groups in total. The number of benzene rings is 2. The van der Waals surface area contributed by atoms with Crippen LogP contribution >= 0.6 is 0 Å². The third-order valence-corrected chi connectivity index (χ3v) is 11.9. The van der Waals surface area contributed by atoms with E-state index in [0.29, 0.717) is 41.5 Å². The fourth-order valence-corrected chi connectivity index (χ4v) is 9.16. The van der Waals surface area contributed by atoms with Crippen LogP contribution in [-0.2, 0) is 14.6 Å². The third kappa shape index (κ3) is 9.94. The second-order valence-electron chi connectivity index (χ2n) is 13.4. The van der Waals surface area contributed by atoms with Crippen molar-refractivity contribution in [3.63, 3.8) is 0 Å². The van der Waals surface area contributed by atoms with Crippen LogP contribution in [0.3, 0.4) is 0 Å². The van der Waals surface area contributed by atoms with Crippen LogP contribution in [0.1, 0.15) is 116 Å². The van der Waals surface area contributed by atoms with Gasteiger partial charge in [0, 0.05) is 49.3 Å². The molecule has 2 aromatic carbocycles. The first-order valence-corrected chi connectivity index (χ1v) is 18.9. The molecule has 0 saturated carbocycles. The number of hydrogen-bond acceptors (Lipinski definition) is 6. The maximum absolute atomic E-state index is 14.1. The summed E-state index contributed by atoms with van der Waals surface area (Å²) >= 11 is 0. The number of fused-ring (bicyclic) bond motifs is 1. The number of nitrogens with one attached hydrogen (secondary N) is 1. The number of sulfone groups is 1. The Morgan fingerprint density at radius 3 is 2.26 bits per heavy atom. The lowest BCUT2D eigenvalue weighted by atomic mass is 9.68. The average molecular weight is 677 g/mol. The average Bonchev–Trinajstić information content (AvgIpc) is 3.08. The van der Waals surface area contributed by atoms with Crippen molar-refractivity contribution >= 4 is 27.1 Å². The van der Waals surface area contributed by atoms with Crippen molar-refractivity contribution in [2.45, 2.75) is 122 Å². The van der Waals surface area contributed by atoms with E-state index in [0.717, 1.165) is 69.3 Å². The predicted octanol–water partition coefficient (Wildman–Crippen LogP) is 4.63. The van der Waals surface area contributed by atoms with Gasteiger partial charge in [-0.1, -0.05) is 65.5 Å². The second kappa shape index (κ2) is 18.4. The van der Waals surface area contributed by atoms with Crippen LogP contribution in [0.2, 0.25) is 0 Å². The molecule has 0 aliphatic carbocycles. The number of halogens is 1. The van der Waals surface area contributed by atoms with E-state index in [9.17, 15) is 18.3 Å². The monoisotopic (exact) mass is 676 g/mol. The van der Waals surface area contributed by atoms with E-state index in [1.807, 2.05) is 55.4 Å². The number of rotatable bonds is 17. The number of hydrogen-bond donors (Lipinski definition) is 2. The molecule has 46 heavy (non-hydrogen) atoms. The summed E-state index contributed by atoms with van der Waals surface area (Å²) in [5.41, 5.74) is 2.24. The van der Waals surface area contributed by atoms with Crippen molar-refractivity contribution in [2.75, 3.05) is 43.2 Å². The number of carbonyl (C=O) groups is 1. The van der Waals surface area contributed by atoms with Gasteiger partial charge in [-0.2, -0.15) is 0 Å². The minimum Gasteiger partial charge on any atom is -1.00 e. The molecule has 3 rings (SSSR count). The quantitative estimate of drug-likeness (QED) is 0.238. The molecule has 1 aliphatic heterocycles. The first-order chi connectivity index (χ1) is 21.4. The van der Waals surface area contributed by atoms with Crippen LogP contribution in [0.15, 0.2) is 47.4 Å².